The Kier molecular flexibility index (Phi) is 2.48. The molecule has 1 aliphatic heterocycles. The smallest absolute Gasteiger partial charge is 0.156 e. The van der Waals surface area contributed by atoms with Crippen molar-refractivity contribution in [1.82, 2.24) is 19.9 Å². The van der Waals surface area contributed by atoms with Gasteiger partial charge >= 0.3 is 0 Å². The van der Waals surface area contributed by atoms with Crippen LogP contribution in [0.25, 0.3) is 11.0 Å². The number of imidazole rings is 1. The molecule has 0 bridgehead atoms. The zero-order valence-corrected chi connectivity index (χ0v) is 10.2. The van der Waals surface area contributed by atoms with Gasteiger partial charge in [0.2, 0.25) is 0 Å². The molecule has 2 aromatic rings. The fraction of sp³-hybridized carbons (Fsp3) is 0.500. The fourth-order valence-corrected chi connectivity index (χ4v) is 2.40. The average molecular weight is 231 g/mol. The summed E-state index contributed by atoms with van der Waals surface area (Å²) in [7, 11) is 2.01. The molecule has 1 unspecified atom stereocenters. The van der Waals surface area contributed by atoms with Crippen molar-refractivity contribution in [2.75, 3.05) is 24.5 Å². The van der Waals surface area contributed by atoms with E-state index < -0.39 is 0 Å². The largest absolute Gasteiger partial charge is 0.352 e. The van der Waals surface area contributed by atoms with Gasteiger partial charge in [-0.1, -0.05) is 0 Å². The number of nitrogens with one attached hydrogen (secondary N) is 1. The van der Waals surface area contributed by atoms with Crippen molar-refractivity contribution in [2.45, 2.75) is 13.0 Å². The van der Waals surface area contributed by atoms with E-state index in [1.807, 2.05) is 30.2 Å². The second kappa shape index (κ2) is 4.00. The van der Waals surface area contributed by atoms with Gasteiger partial charge in [0, 0.05) is 38.9 Å². The van der Waals surface area contributed by atoms with Crippen LogP contribution >= 0.6 is 0 Å². The van der Waals surface area contributed by atoms with Gasteiger partial charge in [-0.05, 0) is 13.0 Å². The third-order valence-electron chi connectivity index (χ3n) is 3.29. The molecule has 5 heteroatoms. The Morgan fingerprint density at radius 2 is 2.29 bits per heavy atom. The SMILES string of the molecule is CC1CN(c2nccc3c2ncn3C)CCN1. The molecule has 1 aliphatic rings. The predicted octanol–water partition coefficient (Wildman–Crippen LogP) is 0.766. The lowest BCUT2D eigenvalue weighted by Gasteiger charge is -2.32. The number of rotatable bonds is 1. The van der Waals surface area contributed by atoms with Crippen LogP contribution in [0.15, 0.2) is 18.6 Å². The van der Waals surface area contributed by atoms with Crippen LogP contribution in [0.4, 0.5) is 5.82 Å². The van der Waals surface area contributed by atoms with Crippen LogP contribution in [-0.2, 0) is 7.05 Å². The first-order valence-corrected chi connectivity index (χ1v) is 6.00. The summed E-state index contributed by atoms with van der Waals surface area (Å²) in [6.45, 7) is 5.19. The molecule has 90 valence electrons. The molecule has 0 aromatic carbocycles. The van der Waals surface area contributed by atoms with Crippen molar-refractivity contribution < 1.29 is 0 Å². The molecule has 1 saturated heterocycles. The summed E-state index contributed by atoms with van der Waals surface area (Å²) in [5.74, 6) is 1.01. The van der Waals surface area contributed by atoms with E-state index in [1.165, 1.54) is 0 Å². The molecule has 1 N–H and O–H groups in total. The molecule has 3 heterocycles. The molecule has 5 nitrogen and oxygen atoms in total. The lowest BCUT2D eigenvalue weighted by molar-refractivity contribution is 0.483. The van der Waals surface area contributed by atoms with E-state index in [4.69, 9.17) is 0 Å². The highest BCUT2D eigenvalue weighted by molar-refractivity contribution is 5.86. The molecular formula is C12H17N5. The highest BCUT2D eigenvalue weighted by Crippen LogP contribution is 2.23. The molecule has 3 rings (SSSR count). The van der Waals surface area contributed by atoms with Crippen molar-refractivity contribution >= 4 is 16.9 Å². The zero-order valence-electron chi connectivity index (χ0n) is 10.2. The number of hydrogen-bond acceptors (Lipinski definition) is 4. The Morgan fingerprint density at radius 3 is 3.12 bits per heavy atom. The molecule has 1 atom stereocenters. The van der Waals surface area contributed by atoms with Gasteiger partial charge in [-0.3, -0.25) is 0 Å². The fourth-order valence-electron chi connectivity index (χ4n) is 2.40. The highest BCUT2D eigenvalue weighted by Gasteiger charge is 2.19. The molecular weight excluding hydrogens is 214 g/mol. The number of anilines is 1. The van der Waals surface area contributed by atoms with Crippen molar-refractivity contribution in [3.63, 3.8) is 0 Å². The van der Waals surface area contributed by atoms with E-state index in [0.29, 0.717) is 6.04 Å². The first-order chi connectivity index (χ1) is 8.25. The van der Waals surface area contributed by atoms with Gasteiger partial charge in [-0.15, -0.1) is 0 Å². The van der Waals surface area contributed by atoms with Gasteiger partial charge in [-0.2, -0.15) is 0 Å². The van der Waals surface area contributed by atoms with E-state index in [9.17, 15) is 0 Å². The van der Waals surface area contributed by atoms with E-state index in [-0.39, 0.29) is 0 Å². The number of fused-ring (bicyclic) bond motifs is 1. The maximum atomic E-state index is 4.50. The monoisotopic (exact) mass is 231 g/mol. The third-order valence-corrected chi connectivity index (χ3v) is 3.29. The Morgan fingerprint density at radius 1 is 1.41 bits per heavy atom. The van der Waals surface area contributed by atoms with Crippen LogP contribution in [0.1, 0.15) is 6.92 Å². The maximum Gasteiger partial charge on any atom is 0.156 e. The molecule has 0 radical (unpaired) electrons. The Labute approximate surface area is 100 Å². The molecule has 2 aromatic heterocycles. The normalized spacial score (nSPS) is 21.1. The quantitative estimate of drug-likeness (QED) is 0.787. The average Bonchev–Trinajstić information content (AvgIpc) is 2.71. The van der Waals surface area contributed by atoms with E-state index >= 15 is 0 Å². The van der Waals surface area contributed by atoms with Gasteiger partial charge in [0.25, 0.3) is 0 Å². The van der Waals surface area contributed by atoms with Gasteiger partial charge in [0.15, 0.2) is 5.82 Å². The molecule has 0 aliphatic carbocycles. The summed E-state index contributed by atoms with van der Waals surface area (Å²) in [6, 6.07) is 2.52. The Hall–Kier alpha value is -1.62. The second-order valence-electron chi connectivity index (χ2n) is 4.66. The van der Waals surface area contributed by atoms with Crippen LogP contribution in [0.2, 0.25) is 0 Å². The number of pyridine rings is 1. The van der Waals surface area contributed by atoms with Crippen molar-refractivity contribution in [3.05, 3.63) is 18.6 Å². The lowest BCUT2D eigenvalue weighted by atomic mass is 10.2. The third kappa shape index (κ3) is 1.76. The van der Waals surface area contributed by atoms with Crippen LogP contribution in [0.3, 0.4) is 0 Å². The van der Waals surface area contributed by atoms with Gasteiger partial charge < -0.3 is 14.8 Å². The molecule has 0 amide bonds. The lowest BCUT2D eigenvalue weighted by Crippen LogP contribution is -2.49. The first kappa shape index (κ1) is 10.5. The summed E-state index contributed by atoms with van der Waals surface area (Å²) in [5, 5.41) is 3.44. The zero-order chi connectivity index (χ0) is 11.8. The summed E-state index contributed by atoms with van der Waals surface area (Å²) < 4.78 is 2.03. The number of piperazine rings is 1. The first-order valence-electron chi connectivity index (χ1n) is 6.00. The van der Waals surface area contributed by atoms with Crippen LogP contribution in [0, 0.1) is 0 Å². The minimum absolute atomic E-state index is 0.504. The van der Waals surface area contributed by atoms with Crippen molar-refractivity contribution in [2.24, 2.45) is 7.05 Å². The molecule has 17 heavy (non-hydrogen) atoms. The van der Waals surface area contributed by atoms with Gasteiger partial charge in [0.05, 0.1) is 11.8 Å². The number of hydrogen-bond donors (Lipinski definition) is 1. The molecule has 1 fully saturated rings. The van der Waals surface area contributed by atoms with Crippen LogP contribution in [0.5, 0.6) is 0 Å². The Bertz CT molecular complexity index is 533. The predicted molar refractivity (Wildman–Crippen MR) is 68.2 cm³/mol. The highest BCUT2D eigenvalue weighted by atomic mass is 15.2. The Balaban J connectivity index is 2.04. The standard InChI is InChI=1S/C12H17N5/c1-9-7-17(6-5-13-9)12-11-10(3-4-14-12)16(2)8-15-11/h3-4,8-9,13H,5-7H2,1-2H3. The number of aromatic nitrogens is 3. The number of nitrogens with zero attached hydrogens (tertiary/aromatic N) is 4. The van der Waals surface area contributed by atoms with Gasteiger partial charge in [0.1, 0.15) is 5.52 Å². The molecule has 0 saturated carbocycles. The minimum Gasteiger partial charge on any atom is -0.352 e. The van der Waals surface area contributed by atoms with Crippen LogP contribution in [-0.4, -0.2) is 40.2 Å². The van der Waals surface area contributed by atoms with E-state index in [0.717, 1.165) is 36.5 Å². The topological polar surface area (TPSA) is 46.0 Å². The minimum atomic E-state index is 0.504. The maximum absolute atomic E-state index is 4.50. The van der Waals surface area contributed by atoms with E-state index in [1.54, 1.807) is 0 Å². The summed E-state index contributed by atoms with van der Waals surface area (Å²) >= 11 is 0. The summed E-state index contributed by atoms with van der Waals surface area (Å²) in [6.07, 6.45) is 3.72. The summed E-state index contributed by atoms with van der Waals surface area (Å²) in [5.41, 5.74) is 2.14. The van der Waals surface area contributed by atoms with Crippen molar-refractivity contribution in [1.29, 1.82) is 0 Å². The number of aryl methyl sites for hydroxylation is 1. The summed E-state index contributed by atoms with van der Waals surface area (Å²) in [4.78, 5) is 11.3. The second-order valence-corrected chi connectivity index (χ2v) is 4.66. The van der Waals surface area contributed by atoms with Crippen molar-refractivity contribution in [3.8, 4) is 0 Å². The van der Waals surface area contributed by atoms with Gasteiger partial charge in [-0.25, -0.2) is 9.97 Å². The molecule has 0 spiro atoms. The van der Waals surface area contributed by atoms with Crippen LogP contribution < -0.4 is 10.2 Å². The van der Waals surface area contributed by atoms with E-state index in [2.05, 4.69) is 27.1 Å².